The van der Waals surface area contributed by atoms with Crippen LogP contribution in [0.2, 0.25) is 0 Å². The van der Waals surface area contributed by atoms with Crippen LogP contribution in [0.15, 0.2) is 0 Å². The minimum Gasteiger partial charge on any atom is -0.373 e. The first-order valence-corrected chi connectivity index (χ1v) is 0.400. The van der Waals surface area contributed by atoms with Crippen molar-refractivity contribution < 1.29 is 0 Å². The second kappa shape index (κ2) is 28.3. The average molecular weight is 83.0 g/mol. The second-order valence-electron chi connectivity index (χ2n) is 0.0894. The van der Waals surface area contributed by atoms with E-state index in [4.69, 9.17) is 11.1 Å². The predicted octanol–water partition coefficient (Wildman–Crippen LogP) is 0.861. The van der Waals surface area contributed by atoms with Gasteiger partial charge in [-0.15, -0.1) is 0 Å². The third-order valence-corrected chi connectivity index (χ3v) is 0. The van der Waals surface area contributed by atoms with E-state index in [1.165, 1.54) is 4.91 Å². The fraction of sp³-hybridized carbons (Fsp3) is 0. The summed E-state index contributed by atoms with van der Waals surface area (Å²) >= 11 is 0. The molecular weight excluding hydrogens is 79.0 g/mol. The largest absolute Gasteiger partial charge is 0.373 e. The number of rotatable bonds is 0. The van der Waals surface area contributed by atoms with Crippen LogP contribution in [-0.4, -0.2) is 29.6 Å². The molecule has 0 aromatic heterocycles. The molecule has 5 heavy (non-hydrogen) atoms. The molecule has 0 aromatic rings. The van der Waals surface area contributed by atoms with Crippen LogP contribution in [0.4, 0.5) is 0 Å². The monoisotopic (exact) mass is 83.0 g/mol. The molecule has 4 N–H and O–H groups in total. The van der Waals surface area contributed by atoms with Gasteiger partial charge in [0.2, 0.25) is 0 Å². The molecule has 0 amide bonds. The molecule has 0 aliphatic rings. The summed E-state index contributed by atoms with van der Waals surface area (Å²) in [4.78, 5) is 1.50. The maximum Gasteiger partial charge on any atom is 0 e. The van der Waals surface area contributed by atoms with Crippen molar-refractivity contribution in [3.05, 3.63) is 16.0 Å². The van der Waals surface area contributed by atoms with E-state index in [-0.39, 0.29) is 35.7 Å². The van der Waals surface area contributed by atoms with Crippen molar-refractivity contribution in [2.45, 2.75) is 0 Å². The van der Waals surface area contributed by atoms with Crippen LogP contribution in [-0.2, 0) is 0 Å². The van der Waals surface area contributed by atoms with Crippen molar-refractivity contribution in [1.29, 1.82) is 0 Å². The average Bonchev–Trinajstić information content (AvgIpc) is 0.918. The molecule has 0 saturated heterocycles. The molecule has 0 saturated carbocycles. The number of quaternary nitrogens is 1. The predicted molar refractivity (Wildman–Crippen MR) is 21.8 cm³/mol. The van der Waals surface area contributed by atoms with Crippen molar-refractivity contribution >= 4 is 29.6 Å². The third-order valence-electron chi connectivity index (χ3n) is 0. The molecule has 0 heterocycles. The van der Waals surface area contributed by atoms with Gasteiger partial charge in [0, 0.05) is 29.6 Å². The van der Waals surface area contributed by atoms with E-state index in [1.54, 1.807) is 0 Å². The Bertz CT molecular complexity index is 24.6. The minimum atomic E-state index is 0. The van der Waals surface area contributed by atoms with E-state index in [2.05, 4.69) is 0 Å². The van der Waals surface area contributed by atoms with Crippen LogP contribution in [0.3, 0.4) is 0 Å². The van der Waals surface area contributed by atoms with E-state index >= 15 is 0 Å². The van der Waals surface area contributed by atoms with Gasteiger partial charge in [-0.25, -0.2) is 0 Å². The Hall–Kier alpha value is 0.270. The number of hydrogen-bond donors (Lipinski definition) is 1. The van der Waals surface area contributed by atoms with Crippen LogP contribution in [0, 0.1) is 0 Å². The molecule has 0 rings (SSSR count). The molecule has 0 unspecified atom stereocenters. The molecule has 0 spiro atoms. The molecule has 0 aliphatic carbocycles. The van der Waals surface area contributed by atoms with Gasteiger partial charge in [0.25, 0.3) is 0 Å². The van der Waals surface area contributed by atoms with Gasteiger partial charge in [0.15, 0.2) is 0 Å². The summed E-state index contributed by atoms with van der Waals surface area (Å²) in [5.74, 6) is 0. The van der Waals surface area contributed by atoms with Crippen molar-refractivity contribution in [1.82, 2.24) is 6.15 Å². The van der Waals surface area contributed by atoms with Gasteiger partial charge in [-0.05, 0) is 0 Å². The minimum absolute atomic E-state index is 0. The van der Waals surface area contributed by atoms with E-state index in [0.717, 1.165) is 0 Å². The fourth-order valence-electron chi connectivity index (χ4n) is 0. The van der Waals surface area contributed by atoms with Gasteiger partial charge in [-0.3, -0.25) is 4.91 Å². The normalized spacial score (nSPS) is 1.60. The van der Waals surface area contributed by atoms with Crippen molar-refractivity contribution in [2.24, 2.45) is 0 Å². The van der Waals surface area contributed by atoms with Crippen LogP contribution in [0.1, 0.15) is 0 Å². The standard InChI is InChI=1S/N3.H3N.Na/c1-3-2;;/h;1H3;/q-1;;/p+1. The summed E-state index contributed by atoms with van der Waals surface area (Å²) in [5.41, 5.74) is 13.5. The van der Waals surface area contributed by atoms with Gasteiger partial charge in [-0.1, -0.05) is 0 Å². The molecular formula is H4N4Na. The van der Waals surface area contributed by atoms with Crippen molar-refractivity contribution in [2.75, 3.05) is 0 Å². The molecule has 1 radical (unpaired) electrons. The Morgan fingerprint density at radius 2 is 1.20 bits per heavy atom. The van der Waals surface area contributed by atoms with Gasteiger partial charge < -0.3 is 17.2 Å². The maximum absolute atomic E-state index is 6.75. The number of hydrogen-bond acceptors (Lipinski definition) is 0. The summed E-state index contributed by atoms with van der Waals surface area (Å²) in [6.07, 6.45) is 0. The molecule has 0 atom stereocenters. The fourth-order valence-corrected chi connectivity index (χ4v) is 0. The molecule has 0 bridgehead atoms. The van der Waals surface area contributed by atoms with Crippen LogP contribution in [0.5, 0.6) is 0 Å². The van der Waals surface area contributed by atoms with Crippen LogP contribution in [0.25, 0.3) is 16.0 Å². The Kier molecular flexibility index (Phi) is 106. The molecule has 0 aliphatic heterocycles. The van der Waals surface area contributed by atoms with Gasteiger partial charge in [0.1, 0.15) is 0 Å². The first kappa shape index (κ1) is 18.6. The first-order chi connectivity index (χ1) is 1.41. The quantitative estimate of drug-likeness (QED) is 0.194. The third kappa shape index (κ3) is 302. The molecule has 4 nitrogen and oxygen atoms in total. The summed E-state index contributed by atoms with van der Waals surface area (Å²) in [7, 11) is 0. The van der Waals surface area contributed by atoms with E-state index in [1.807, 2.05) is 0 Å². The van der Waals surface area contributed by atoms with E-state index < -0.39 is 0 Å². The summed E-state index contributed by atoms with van der Waals surface area (Å²) in [5, 5.41) is 0. The van der Waals surface area contributed by atoms with E-state index in [0.29, 0.717) is 0 Å². The summed E-state index contributed by atoms with van der Waals surface area (Å²) < 4.78 is 0. The SMILES string of the molecule is [N-]=[N+]=[N-].[NH4+].[Na]. The second-order valence-corrected chi connectivity index (χ2v) is 0.0894. The Morgan fingerprint density at radius 1 is 1.20 bits per heavy atom. The zero-order valence-electron chi connectivity index (χ0n) is 3.34. The van der Waals surface area contributed by atoms with Gasteiger partial charge in [-0.2, -0.15) is 0 Å². The zero-order valence-corrected chi connectivity index (χ0v) is 5.34. The van der Waals surface area contributed by atoms with Crippen LogP contribution >= 0.6 is 0 Å². The van der Waals surface area contributed by atoms with Crippen molar-refractivity contribution in [3.63, 3.8) is 0 Å². The molecule has 0 aromatic carbocycles. The first-order valence-electron chi connectivity index (χ1n) is 0.400. The summed E-state index contributed by atoms with van der Waals surface area (Å²) in [6, 6.07) is 0. The smallest absolute Gasteiger partial charge is 0 e. The van der Waals surface area contributed by atoms with E-state index in [9.17, 15) is 0 Å². The molecule has 5 heteroatoms. The van der Waals surface area contributed by atoms with Gasteiger partial charge in [0.05, 0.1) is 0 Å². The Balaban J connectivity index is -0.0000000200. The molecule has 25 valence electrons. The van der Waals surface area contributed by atoms with Gasteiger partial charge >= 0.3 is 0 Å². The van der Waals surface area contributed by atoms with Crippen LogP contribution < -0.4 is 6.15 Å². The Labute approximate surface area is 51.8 Å². The van der Waals surface area contributed by atoms with Crippen molar-refractivity contribution in [3.8, 4) is 0 Å². The molecule has 0 fully saturated rings. The summed E-state index contributed by atoms with van der Waals surface area (Å²) in [6.45, 7) is 0. The topological polar surface area (TPSA) is 95.2 Å². The Morgan fingerprint density at radius 3 is 1.20 bits per heavy atom. The maximum atomic E-state index is 6.75. The zero-order chi connectivity index (χ0) is 2.71. The number of nitrogens with zero attached hydrogens (tertiary/aromatic N) is 3.